The third-order valence-electron chi connectivity index (χ3n) is 3.84. The van der Waals surface area contributed by atoms with Crippen LogP contribution in [0.3, 0.4) is 0 Å². The third-order valence-corrected chi connectivity index (χ3v) is 4.75. The van der Waals surface area contributed by atoms with E-state index in [2.05, 4.69) is 17.4 Å². The Bertz CT molecular complexity index is 649. The van der Waals surface area contributed by atoms with Gasteiger partial charge in [-0.15, -0.1) is 11.3 Å². The second kappa shape index (κ2) is 6.22. The highest BCUT2D eigenvalue weighted by molar-refractivity contribution is 7.12. The molecule has 1 aliphatic carbocycles. The van der Waals surface area contributed by atoms with E-state index in [0.717, 1.165) is 17.7 Å². The molecule has 1 heterocycles. The van der Waals surface area contributed by atoms with Crippen LogP contribution in [0.15, 0.2) is 41.8 Å². The number of hydrogen-bond acceptors (Lipinski definition) is 3. The molecule has 0 bridgehead atoms. The molecule has 0 radical (unpaired) electrons. The number of amides is 1. The number of ketones is 1. The van der Waals surface area contributed by atoms with Crippen LogP contribution in [0.5, 0.6) is 0 Å². The van der Waals surface area contributed by atoms with Gasteiger partial charge in [-0.05, 0) is 35.4 Å². The Morgan fingerprint density at radius 2 is 2.00 bits per heavy atom. The minimum absolute atomic E-state index is 0.0402. The van der Waals surface area contributed by atoms with Crippen molar-refractivity contribution in [3.8, 4) is 0 Å². The summed E-state index contributed by atoms with van der Waals surface area (Å²) in [4.78, 5) is 24.6. The fourth-order valence-electron chi connectivity index (χ4n) is 2.76. The molecular formula is C17H17NO2S. The van der Waals surface area contributed by atoms with Gasteiger partial charge in [0.15, 0.2) is 5.78 Å². The van der Waals surface area contributed by atoms with Gasteiger partial charge in [-0.2, -0.15) is 0 Å². The Kier molecular flexibility index (Phi) is 4.15. The molecule has 1 amide bonds. The normalized spacial score (nSPS) is 16.5. The van der Waals surface area contributed by atoms with Crippen molar-refractivity contribution < 1.29 is 9.59 Å². The van der Waals surface area contributed by atoms with Crippen LogP contribution in [0, 0.1) is 0 Å². The van der Waals surface area contributed by atoms with Gasteiger partial charge in [0.2, 0.25) is 5.91 Å². The topological polar surface area (TPSA) is 46.2 Å². The second-order valence-corrected chi connectivity index (χ2v) is 6.21. The summed E-state index contributed by atoms with van der Waals surface area (Å²) < 4.78 is 0. The average molecular weight is 299 g/mol. The lowest BCUT2D eigenvalue weighted by molar-refractivity contribution is -0.121. The summed E-state index contributed by atoms with van der Waals surface area (Å²) >= 11 is 1.43. The molecule has 1 aliphatic rings. The smallest absolute Gasteiger partial charge is 0.220 e. The first kappa shape index (κ1) is 14.0. The molecule has 1 N–H and O–H groups in total. The monoisotopic (exact) mass is 299 g/mol. The minimum Gasteiger partial charge on any atom is -0.349 e. The predicted molar refractivity (Wildman–Crippen MR) is 83.5 cm³/mol. The van der Waals surface area contributed by atoms with E-state index in [0.29, 0.717) is 0 Å². The lowest BCUT2D eigenvalue weighted by atomic mass is 10.1. The van der Waals surface area contributed by atoms with Crippen LogP contribution in [0.2, 0.25) is 0 Å². The van der Waals surface area contributed by atoms with Gasteiger partial charge in [0.05, 0.1) is 10.9 Å². The number of thiophene rings is 1. The van der Waals surface area contributed by atoms with E-state index in [1.165, 1.54) is 22.5 Å². The van der Waals surface area contributed by atoms with Gasteiger partial charge in [0, 0.05) is 12.8 Å². The summed E-state index contributed by atoms with van der Waals surface area (Å²) in [6.07, 6.45) is 2.50. The highest BCUT2D eigenvalue weighted by Gasteiger charge is 2.23. The molecule has 0 aliphatic heterocycles. The lowest BCUT2D eigenvalue weighted by Crippen LogP contribution is -2.27. The summed E-state index contributed by atoms with van der Waals surface area (Å²) in [7, 11) is 0. The number of aryl methyl sites for hydroxylation is 1. The highest BCUT2D eigenvalue weighted by atomic mass is 32.1. The second-order valence-electron chi connectivity index (χ2n) is 5.26. The van der Waals surface area contributed by atoms with E-state index in [9.17, 15) is 9.59 Å². The van der Waals surface area contributed by atoms with Crippen molar-refractivity contribution in [1.82, 2.24) is 5.32 Å². The minimum atomic E-state index is -0.0402. The first-order chi connectivity index (χ1) is 10.2. The maximum atomic E-state index is 12.0. The van der Waals surface area contributed by atoms with Crippen LogP contribution in [-0.4, -0.2) is 11.7 Å². The number of carbonyl (C=O) groups is 2. The number of carbonyl (C=O) groups excluding carboxylic acids is 2. The fourth-order valence-corrected chi connectivity index (χ4v) is 3.46. The molecule has 21 heavy (non-hydrogen) atoms. The molecule has 3 rings (SSSR count). The molecule has 0 saturated heterocycles. The first-order valence-electron chi connectivity index (χ1n) is 7.18. The van der Waals surface area contributed by atoms with E-state index < -0.39 is 0 Å². The van der Waals surface area contributed by atoms with Crippen LogP contribution >= 0.6 is 11.3 Å². The Hall–Kier alpha value is -1.94. The predicted octanol–water partition coefficient (Wildman–Crippen LogP) is 3.51. The van der Waals surface area contributed by atoms with Crippen LogP contribution < -0.4 is 5.32 Å². The number of fused-ring (bicyclic) bond motifs is 1. The summed E-state index contributed by atoms with van der Waals surface area (Å²) in [5.74, 6) is 0.00795. The zero-order valence-electron chi connectivity index (χ0n) is 11.7. The maximum Gasteiger partial charge on any atom is 0.220 e. The molecule has 3 nitrogen and oxygen atoms in total. The zero-order chi connectivity index (χ0) is 14.7. The molecule has 0 spiro atoms. The van der Waals surface area contributed by atoms with Gasteiger partial charge >= 0.3 is 0 Å². The van der Waals surface area contributed by atoms with Crippen molar-refractivity contribution in [2.24, 2.45) is 0 Å². The molecule has 1 atom stereocenters. The molecule has 0 fully saturated rings. The van der Waals surface area contributed by atoms with Gasteiger partial charge in [-0.1, -0.05) is 30.3 Å². The molecule has 1 unspecified atom stereocenters. The summed E-state index contributed by atoms with van der Waals surface area (Å²) in [5.41, 5.74) is 2.54. The van der Waals surface area contributed by atoms with Crippen LogP contribution in [-0.2, 0) is 11.2 Å². The number of Topliss-reactive ketones (excluding diaryl/α,β-unsaturated/α-hetero) is 1. The Morgan fingerprint density at radius 3 is 2.81 bits per heavy atom. The number of rotatable bonds is 5. The molecule has 1 aromatic carbocycles. The van der Waals surface area contributed by atoms with E-state index in [1.54, 1.807) is 6.07 Å². The van der Waals surface area contributed by atoms with Gasteiger partial charge in [-0.25, -0.2) is 0 Å². The molecule has 108 valence electrons. The van der Waals surface area contributed by atoms with Gasteiger partial charge in [0.25, 0.3) is 0 Å². The quantitative estimate of drug-likeness (QED) is 0.859. The molecule has 4 heteroatoms. The Morgan fingerprint density at radius 1 is 1.14 bits per heavy atom. The first-order valence-corrected chi connectivity index (χ1v) is 8.06. The summed E-state index contributed by atoms with van der Waals surface area (Å²) in [6.45, 7) is 0. The van der Waals surface area contributed by atoms with E-state index >= 15 is 0 Å². The third kappa shape index (κ3) is 3.22. The van der Waals surface area contributed by atoms with Gasteiger partial charge in [-0.3, -0.25) is 9.59 Å². The van der Waals surface area contributed by atoms with Crippen molar-refractivity contribution >= 4 is 23.0 Å². The van der Waals surface area contributed by atoms with Crippen LogP contribution in [0.1, 0.15) is 46.1 Å². The number of benzene rings is 1. The maximum absolute atomic E-state index is 12.0. The molecular weight excluding hydrogens is 282 g/mol. The van der Waals surface area contributed by atoms with Crippen LogP contribution in [0.25, 0.3) is 0 Å². The largest absolute Gasteiger partial charge is 0.349 e. The standard InChI is InChI=1S/C17H17NO2S/c19-15(16-6-3-11-21-16)9-10-17(20)18-14-8-7-12-4-1-2-5-13(12)14/h1-6,11,14H,7-10H2,(H,18,20). The Balaban J connectivity index is 1.52. The SMILES string of the molecule is O=C(CCC(=O)c1cccs1)NC1CCc2ccccc21. The van der Waals surface area contributed by atoms with E-state index in [-0.39, 0.29) is 30.6 Å². The van der Waals surface area contributed by atoms with Crippen molar-refractivity contribution in [2.45, 2.75) is 31.7 Å². The Labute approximate surface area is 128 Å². The molecule has 0 saturated carbocycles. The lowest BCUT2D eigenvalue weighted by Gasteiger charge is -2.13. The van der Waals surface area contributed by atoms with Crippen molar-refractivity contribution in [3.05, 3.63) is 57.8 Å². The zero-order valence-corrected chi connectivity index (χ0v) is 12.5. The van der Waals surface area contributed by atoms with Crippen molar-refractivity contribution in [3.63, 3.8) is 0 Å². The van der Waals surface area contributed by atoms with E-state index in [4.69, 9.17) is 0 Å². The highest BCUT2D eigenvalue weighted by Crippen LogP contribution is 2.30. The summed E-state index contributed by atoms with van der Waals surface area (Å²) in [5, 5.41) is 4.93. The van der Waals surface area contributed by atoms with Crippen molar-refractivity contribution in [1.29, 1.82) is 0 Å². The summed E-state index contributed by atoms with van der Waals surface area (Å²) in [6, 6.07) is 12.0. The number of nitrogens with one attached hydrogen (secondary N) is 1. The van der Waals surface area contributed by atoms with Gasteiger partial charge in [0.1, 0.15) is 0 Å². The van der Waals surface area contributed by atoms with Crippen LogP contribution in [0.4, 0.5) is 0 Å². The van der Waals surface area contributed by atoms with E-state index in [1.807, 2.05) is 23.6 Å². The number of hydrogen-bond donors (Lipinski definition) is 1. The molecule has 1 aromatic heterocycles. The fraction of sp³-hybridized carbons (Fsp3) is 0.294. The van der Waals surface area contributed by atoms with Gasteiger partial charge < -0.3 is 5.32 Å². The van der Waals surface area contributed by atoms with Crippen molar-refractivity contribution in [2.75, 3.05) is 0 Å². The molecule has 2 aromatic rings. The average Bonchev–Trinajstić information content (AvgIpc) is 3.15.